The average molecular weight is 353 g/mol. The largest absolute Gasteiger partial charge is 0.326 e. The lowest BCUT2D eigenvalue weighted by atomic mass is 10.1. The maximum atomic E-state index is 12.2. The molecular formula is C18H28N2O3S. The van der Waals surface area contributed by atoms with Crippen LogP contribution in [0.5, 0.6) is 0 Å². The average Bonchev–Trinajstić information content (AvgIpc) is 2.55. The first kappa shape index (κ1) is 18.9. The van der Waals surface area contributed by atoms with Crippen molar-refractivity contribution in [3.63, 3.8) is 0 Å². The zero-order valence-electron chi connectivity index (χ0n) is 14.7. The van der Waals surface area contributed by atoms with E-state index < -0.39 is 10.0 Å². The highest BCUT2D eigenvalue weighted by molar-refractivity contribution is 7.89. The number of amides is 1. The number of anilines is 1. The summed E-state index contributed by atoms with van der Waals surface area (Å²) in [6.07, 6.45) is 4.49. The molecule has 5 nitrogen and oxygen atoms in total. The predicted octanol–water partition coefficient (Wildman–Crippen LogP) is 3.23. The first-order valence-electron chi connectivity index (χ1n) is 8.73. The van der Waals surface area contributed by atoms with E-state index >= 15 is 0 Å². The third kappa shape index (κ3) is 5.60. The van der Waals surface area contributed by atoms with Crippen molar-refractivity contribution < 1.29 is 13.2 Å². The smallest absolute Gasteiger partial charge is 0.224 e. The van der Waals surface area contributed by atoms with Gasteiger partial charge in [0.15, 0.2) is 0 Å². The molecule has 1 fully saturated rings. The SMILES string of the molecule is Cc1ccc(NC(=O)CCCCS(=O)(=O)N2CCCCC2)c(C)c1. The minimum absolute atomic E-state index is 0.0580. The minimum Gasteiger partial charge on any atom is -0.326 e. The number of carbonyl (C=O) groups excluding carboxylic acids is 1. The second-order valence-electron chi connectivity index (χ2n) is 6.60. The van der Waals surface area contributed by atoms with Gasteiger partial charge in [-0.1, -0.05) is 24.1 Å². The van der Waals surface area contributed by atoms with Gasteiger partial charge in [-0.25, -0.2) is 12.7 Å². The number of carbonyl (C=O) groups is 1. The zero-order valence-corrected chi connectivity index (χ0v) is 15.5. The van der Waals surface area contributed by atoms with Crippen molar-refractivity contribution in [2.24, 2.45) is 0 Å². The van der Waals surface area contributed by atoms with Crippen LogP contribution >= 0.6 is 0 Å². The molecular weight excluding hydrogens is 324 g/mol. The Morgan fingerprint density at radius 2 is 1.83 bits per heavy atom. The molecule has 0 atom stereocenters. The normalized spacial score (nSPS) is 16.1. The molecule has 0 radical (unpaired) electrons. The van der Waals surface area contributed by atoms with Gasteiger partial charge >= 0.3 is 0 Å². The van der Waals surface area contributed by atoms with Gasteiger partial charge in [-0.15, -0.1) is 0 Å². The zero-order chi connectivity index (χ0) is 17.6. The number of aryl methyl sites for hydroxylation is 2. The van der Waals surface area contributed by atoms with E-state index in [9.17, 15) is 13.2 Å². The summed E-state index contributed by atoms with van der Waals surface area (Å²) in [5, 5.41) is 2.90. The number of benzene rings is 1. The lowest BCUT2D eigenvalue weighted by molar-refractivity contribution is -0.116. The Balaban J connectivity index is 1.72. The van der Waals surface area contributed by atoms with Crippen LogP contribution in [-0.4, -0.2) is 37.5 Å². The standard InChI is InChI=1S/C18H28N2O3S/c1-15-9-10-17(16(2)14-15)19-18(21)8-4-7-13-24(22,23)20-11-5-3-6-12-20/h9-10,14H,3-8,11-13H2,1-2H3,(H,19,21). The number of unbranched alkanes of at least 4 members (excludes halogenated alkanes) is 1. The van der Waals surface area contributed by atoms with Crippen molar-refractivity contribution in [1.29, 1.82) is 0 Å². The van der Waals surface area contributed by atoms with Crippen molar-refractivity contribution >= 4 is 21.6 Å². The number of hydrogen-bond acceptors (Lipinski definition) is 3. The topological polar surface area (TPSA) is 66.5 Å². The van der Waals surface area contributed by atoms with Gasteiger partial charge in [0.25, 0.3) is 0 Å². The Morgan fingerprint density at radius 1 is 1.12 bits per heavy atom. The van der Waals surface area contributed by atoms with Crippen LogP contribution in [0.15, 0.2) is 18.2 Å². The van der Waals surface area contributed by atoms with Crippen LogP contribution in [0.3, 0.4) is 0 Å². The maximum absolute atomic E-state index is 12.2. The predicted molar refractivity (Wildman–Crippen MR) is 97.6 cm³/mol. The molecule has 134 valence electrons. The lowest BCUT2D eigenvalue weighted by Crippen LogP contribution is -2.37. The molecule has 1 aromatic rings. The van der Waals surface area contributed by atoms with E-state index in [4.69, 9.17) is 0 Å². The third-order valence-corrected chi connectivity index (χ3v) is 6.38. The van der Waals surface area contributed by atoms with Crippen LogP contribution < -0.4 is 5.32 Å². The Hall–Kier alpha value is -1.40. The summed E-state index contributed by atoms with van der Waals surface area (Å²) in [6, 6.07) is 5.90. The number of hydrogen-bond donors (Lipinski definition) is 1. The van der Waals surface area contributed by atoms with E-state index in [0.717, 1.165) is 36.1 Å². The van der Waals surface area contributed by atoms with Crippen molar-refractivity contribution in [3.8, 4) is 0 Å². The van der Waals surface area contributed by atoms with Gasteiger partial charge in [-0.2, -0.15) is 0 Å². The van der Waals surface area contributed by atoms with E-state index in [2.05, 4.69) is 5.32 Å². The molecule has 1 aliphatic rings. The van der Waals surface area contributed by atoms with E-state index in [0.29, 0.717) is 32.4 Å². The molecule has 1 saturated heterocycles. The summed E-state index contributed by atoms with van der Waals surface area (Å²) in [5.74, 6) is 0.0847. The maximum Gasteiger partial charge on any atom is 0.224 e. The van der Waals surface area contributed by atoms with Crippen LogP contribution in [0.1, 0.15) is 49.7 Å². The quantitative estimate of drug-likeness (QED) is 0.766. The van der Waals surface area contributed by atoms with Crippen LogP contribution in [0.2, 0.25) is 0 Å². The third-order valence-electron chi connectivity index (χ3n) is 4.42. The number of piperidine rings is 1. The van der Waals surface area contributed by atoms with Gasteiger partial charge in [0, 0.05) is 25.2 Å². The molecule has 0 spiro atoms. The molecule has 1 N–H and O–H groups in total. The summed E-state index contributed by atoms with van der Waals surface area (Å²) in [6.45, 7) is 5.28. The van der Waals surface area contributed by atoms with Crippen molar-refractivity contribution in [2.45, 2.75) is 52.4 Å². The molecule has 0 bridgehead atoms. The lowest BCUT2D eigenvalue weighted by Gasteiger charge is -2.25. The molecule has 24 heavy (non-hydrogen) atoms. The van der Waals surface area contributed by atoms with Gasteiger partial charge in [0.05, 0.1) is 5.75 Å². The Kier molecular flexibility index (Phi) is 6.80. The fraction of sp³-hybridized carbons (Fsp3) is 0.611. The van der Waals surface area contributed by atoms with Crippen LogP contribution in [0.4, 0.5) is 5.69 Å². The Bertz CT molecular complexity index is 665. The second-order valence-corrected chi connectivity index (χ2v) is 8.69. The highest BCUT2D eigenvalue weighted by atomic mass is 32.2. The summed E-state index contributed by atoms with van der Waals surface area (Å²) < 4.78 is 26.0. The number of rotatable bonds is 7. The Labute approximate surface area is 145 Å². The number of nitrogens with one attached hydrogen (secondary N) is 1. The van der Waals surface area contributed by atoms with Crippen LogP contribution in [0.25, 0.3) is 0 Å². The van der Waals surface area contributed by atoms with Crippen molar-refractivity contribution in [2.75, 3.05) is 24.2 Å². The van der Waals surface area contributed by atoms with E-state index in [1.165, 1.54) is 0 Å². The van der Waals surface area contributed by atoms with Gasteiger partial charge in [0.2, 0.25) is 15.9 Å². The molecule has 1 aromatic carbocycles. The number of nitrogens with zero attached hydrogens (tertiary/aromatic N) is 1. The van der Waals surface area contributed by atoms with Gasteiger partial charge in [0.1, 0.15) is 0 Å². The molecule has 0 saturated carbocycles. The molecule has 2 rings (SSSR count). The van der Waals surface area contributed by atoms with Gasteiger partial charge in [-0.05, 0) is 51.2 Å². The molecule has 0 aliphatic carbocycles. The fourth-order valence-electron chi connectivity index (χ4n) is 3.01. The molecule has 0 unspecified atom stereocenters. The summed E-state index contributed by atoms with van der Waals surface area (Å²) in [5.41, 5.74) is 3.02. The Morgan fingerprint density at radius 3 is 2.50 bits per heavy atom. The highest BCUT2D eigenvalue weighted by Crippen LogP contribution is 2.17. The summed E-state index contributed by atoms with van der Waals surface area (Å²) in [7, 11) is -3.15. The van der Waals surface area contributed by atoms with E-state index in [1.54, 1.807) is 4.31 Å². The first-order chi connectivity index (χ1) is 11.4. The summed E-state index contributed by atoms with van der Waals surface area (Å²) >= 11 is 0. The van der Waals surface area contributed by atoms with E-state index in [1.807, 2.05) is 32.0 Å². The van der Waals surface area contributed by atoms with Gasteiger partial charge < -0.3 is 5.32 Å². The van der Waals surface area contributed by atoms with Gasteiger partial charge in [-0.3, -0.25) is 4.79 Å². The molecule has 1 aliphatic heterocycles. The molecule has 1 amide bonds. The van der Waals surface area contributed by atoms with Crippen LogP contribution in [0, 0.1) is 13.8 Å². The first-order valence-corrected chi connectivity index (χ1v) is 10.3. The molecule has 1 heterocycles. The highest BCUT2D eigenvalue weighted by Gasteiger charge is 2.23. The fourth-order valence-corrected chi connectivity index (χ4v) is 4.65. The number of sulfonamides is 1. The molecule has 6 heteroatoms. The monoisotopic (exact) mass is 352 g/mol. The minimum atomic E-state index is -3.15. The van der Waals surface area contributed by atoms with Crippen molar-refractivity contribution in [1.82, 2.24) is 4.31 Å². The van der Waals surface area contributed by atoms with E-state index in [-0.39, 0.29) is 11.7 Å². The second kappa shape index (κ2) is 8.62. The molecule has 0 aromatic heterocycles. The summed E-state index contributed by atoms with van der Waals surface area (Å²) in [4.78, 5) is 12.0. The van der Waals surface area contributed by atoms with Crippen molar-refractivity contribution in [3.05, 3.63) is 29.3 Å². The van der Waals surface area contributed by atoms with Crippen LogP contribution in [-0.2, 0) is 14.8 Å².